The number of hydrogen-bond donors (Lipinski definition) is 1. The summed E-state index contributed by atoms with van der Waals surface area (Å²) in [5, 5.41) is 8.36. The molecule has 0 aromatic rings. The molecule has 7 nitrogen and oxygen atoms in total. The number of aliphatic hydroxyl groups excluding tert-OH is 1. The fourth-order valence-electron chi connectivity index (χ4n) is 0.630. The molecule has 0 bridgehead atoms. The zero-order valence-electron chi connectivity index (χ0n) is 8.55. The van der Waals surface area contributed by atoms with Crippen molar-refractivity contribution in [3.63, 3.8) is 0 Å². The lowest BCUT2D eigenvalue weighted by molar-refractivity contribution is 0.0240. The normalized spacial score (nSPS) is 11.9. The summed E-state index contributed by atoms with van der Waals surface area (Å²) in [5.41, 5.74) is 0. The van der Waals surface area contributed by atoms with Gasteiger partial charge in [-0.3, -0.25) is 4.18 Å². The largest absolute Gasteiger partial charge is 0.399 e. The highest BCUT2D eigenvalue weighted by molar-refractivity contribution is 7.81. The molecular formula is C7H16O7S. The Morgan fingerprint density at radius 3 is 2.07 bits per heavy atom. The van der Waals surface area contributed by atoms with Crippen molar-refractivity contribution in [1.82, 2.24) is 0 Å². The fraction of sp³-hybridized carbons (Fsp3) is 1.00. The van der Waals surface area contributed by atoms with Crippen LogP contribution < -0.4 is 0 Å². The van der Waals surface area contributed by atoms with Crippen molar-refractivity contribution in [3.8, 4) is 0 Å². The van der Waals surface area contributed by atoms with Gasteiger partial charge in [0.2, 0.25) is 0 Å². The number of hydrogen-bond acceptors (Lipinski definition) is 7. The Hall–Kier alpha value is -0.250. The molecule has 0 heterocycles. The van der Waals surface area contributed by atoms with E-state index in [4.69, 9.17) is 14.6 Å². The summed E-state index contributed by atoms with van der Waals surface area (Å²) in [6.45, 7) is 0.919. The lowest BCUT2D eigenvalue weighted by Gasteiger charge is -2.05. The molecule has 0 aliphatic carbocycles. The van der Waals surface area contributed by atoms with Gasteiger partial charge in [0, 0.05) is 0 Å². The van der Waals surface area contributed by atoms with E-state index in [0.29, 0.717) is 13.2 Å². The summed E-state index contributed by atoms with van der Waals surface area (Å²) in [4.78, 5) is 0. The van der Waals surface area contributed by atoms with Crippen LogP contribution in [-0.4, -0.2) is 60.3 Å². The zero-order chi connectivity index (χ0) is 11.6. The van der Waals surface area contributed by atoms with Gasteiger partial charge in [-0.1, -0.05) is 0 Å². The quantitative estimate of drug-likeness (QED) is 0.489. The van der Waals surface area contributed by atoms with Gasteiger partial charge in [0.25, 0.3) is 0 Å². The molecule has 92 valence electrons. The molecule has 0 aromatic carbocycles. The van der Waals surface area contributed by atoms with Gasteiger partial charge >= 0.3 is 10.4 Å². The van der Waals surface area contributed by atoms with E-state index in [1.807, 2.05) is 0 Å². The van der Waals surface area contributed by atoms with E-state index in [0.717, 1.165) is 7.11 Å². The van der Waals surface area contributed by atoms with Gasteiger partial charge in [-0.15, -0.1) is 0 Å². The van der Waals surface area contributed by atoms with Gasteiger partial charge in [-0.05, 0) is 0 Å². The Kier molecular flexibility index (Phi) is 8.86. The van der Waals surface area contributed by atoms with Gasteiger partial charge in [-0.25, -0.2) is 4.18 Å². The Morgan fingerprint density at radius 1 is 1.00 bits per heavy atom. The molecule has 0 rings (SSSR count). The molecule has 0 aliphatic heterocycles. The van der Waals surface area contributed by atoms with Crippen molar-refractivity contribution in [3.05, 3.63) is 0 Å². The highest BCUT2D eigenvalue weighted by Crippen LogP contribution is 1.92. The van der Waals surface area contributed by atoms with Crippen LogP contribution in [0.5, 0.6) is 0 Å². The van der Waals surface area contributed by atoms with Gasteiger partial charge in [0.05, 0.1) is 46.8 Å². The maximum absolute atomic E-state index is 10.6. The number of rotatable bonds is 10. The standard InChI is InChI=1S/C7H16O7S/c1-11-15(9,10)14-7-6-13-5-4-12-3-2-8/h8H,2-7H2,1H3. The molecule has 0 aliphatic rings. The molecule has 0 radical (unpaired) electrons. The van der Waals surface area contributed by atoms with Crippen molar-refractivity contribution in [1.29, 1.82) is 0 Å². The molecule has 0 amide bonds. The van der Waals surface area contributed by atoms with Gasteiger partial charge in [0.1, 0.15) is 0 Å². The van der Waals surface area contributed by atoms with E-state index in [9.17, 15) is 8.42 Å². The van der Waals surface area contributed by atoms with Crippen LogP contribution in [0.2, 0.25) is 0 Å². The molecule has 0 atom stereocenters. The summed E-state index contributed by atoms with van der Waals surface area (Å²) in [6, 6.07) is 0. The number of ether oxygens (including phenoxy) is 2. The van der Waals surface area contributed by atoms with Gasteiger partial charge in [0.15, 0.2) is 0 Å². The second-order valence-corrected chi connectivity index (χ2v) is 3.73. The molecule has 8 heteroatoms. The Bertz CT molecular complexity index is 225. The molecule has 0 saturated carbocycles. The van der Waals surface area contributed by atoms with Crippen LogP contribution in [0.1, 0.15) is 0 Å². The first-order valence-electron chi connectivity index (χ1n) is 4.33. The monoisotopic (exact) mass is 244 g/mol. The van der Waals surface area contributed by atoms with Gasteiger partial charge in [-0.2, -0.15) is 8.42 Å². The van der Waals surface area contributed by atoms with Crippen molar-refractivity contribution >= 4 is 10.4 Å². The first kappa shape index (κ1) is 14.8. The van der Waals surface area contributed by atoms with Crippen LogP contribution in [0.25, 0.3) is 0 Å². The third-order valence-electron chi connectivity index (χ3n) is 1.27. The Morgan fingerprint density at radius 2 is 1.53 bits per heavy atom. The summed E-state index contributed by atoms with van der Waals surface area (Å²) in [7, 11) is -2.85. The van der Waals surface area contributed by atoms with Crippen molar-refractivity contribution in [2.45, 2.75) is 0 Å². The van der Waals surface area contributed by atoms with E-state index in [1.165, 1.54) is 0 Å². The van der Waals surface area contributed by atoms with E-state index in [-0.39, 0.29) is 26.4 Å². The Balaban J connectivity index is 3.19. The van der Waals surface area contributed by atoms with Crippen LogP contribution in [0.3, 0.4) is 0 Å². The second-order valence-electron chi connectivity index (χ2n) is 2.35. The lowest BCUT2D eigenvalue weighted by atomic mass is 10.7. The maximum atomic E-state index is 10.6. The molecule has 1 N–H and O–H groups in total. The van der Waals surface area contributed by atoms with Crippen LogP contribution in [0.15, 0.2) is 0 Å². The smallest absolute Gasteiger partial charge is 0.394 e. The summed E-state index contributed by atoms with van der Waals surface area (Å²) < 4.78 is 39.5. The first-order chi connectivity index (χ1) is 7.12. The van der Waals surface area contributed by atoms with Crippen LogP contribution in [0.4, 0.5) is 0 Å². The SMILES string of the molecule is COS(=O)(=O)OCCOCCOCCO. The average molecular weight is 244 g/mol. The Labute approximate surface area is 89.2 Å². The van der Waals surface area contributed by atoms with E-state index in [2.05, 4.69) is 8.37 Å². The summed E-state index contributed by atoms with van der Waals surface area (Å²) >= 11 is 0. The summed E-state index contributed by atoms with van der Waals surface area (Å²) in [5.74, 6) is 0. The fourth-order valence-corrected chi connectivity index (χ4v) is 0.998. The topological polar surface area (TPSA) is 91.3 Å². The minimum Gasteiger partial charge on any atom is -0.394 e. The molecule has 15 heavy (non-hydrogen) atoms. The zero-order valence-corrected chi connectivity index (χ0v) is 9.36. The highest BCUT2D eigenvalue weighted by Gasteiger charge is 2.07. The van der Waals surface area contributed by atoms with Crippen molar-refractivity contribution < 1.29 is 31.4 Å². The third-order valence-corrected chi connectivity index (χ3v) is 2.13. The van der Waals surface area contributed by atoms with E-state index < -0.39 is 10.4 Å². The van der Waals surface area contributed by atoms with Crippen LogP contribution in [-0.2, 0) is 28.2 Å². The lowest BCUT2D eigenvalue weighted by Crippen LogP contribution is -2.14. The van der Waals surface area contributed by atoms with Crippen molar-refractivity contribution in [2.75, 3.05) is 46.8 Å². The van der Waals surface area contributed by atoms with E-state index in [1.54, 1.807) is 0 Å². The minimum absolute atomic E-state index is 0.0325. The molecule has 0 fully saturated rings. The maximum Gasteiger partial charge on any atom is 0.399 e. The van der Waals surface area contributed by atoms with E-state index >= 15 is 0 Å². The first-order valence-corrected chi connectivity index (χ1v) is 5.67. The minimum atomic E-state index is -3.87. The van der Waals surface area contributed by atoms with Crippen LogP contribution >= 0.6 is 0 Å². The molecular weight excluding hydrogens is 228 g/mol. The molecule has 0 spiro atoms. The molecule has 0 aromatic heterocycles. The van der Waals surface area contributed by atoms with Gasteiger partial charge < -0.3 is 14.6 Å². The summed E-state index contributed by atoms with van der Waals surface area (Å²) in [6.07, 6.45) is 0. The average Bonchev–Trinajstić information content (AvgIpc) is 2.22. The number of aliphatic hydroxyl groups is 1. The highest BCUT2D eigenvalue weighted by atomic mass is 32.3. The molecule has 0 unspecified atom stereocenters. The second kappa shape index (κ2) is 9.01. The molecule has 0 saturated heterocycles. The predicted molar refractivity (Wildman–Crippen MR) is 50.6 cm³/mol. The third kappa shape index (κ3) is 10.0. The van der Waals surface area contributed by atoms with Crippen LogP contribution in [0, 0.1) is 0 Å². The van der Waals surface area contributed by atoms with Crippen molar-refractivity contribution in [2.24, 2.45) is 0 Å². The predicted octanol–water partition coefficient (Wildman–Crippen LogP) is -1.08.